The van der Waals surface area contributed by atoms with Crippen molar-refractivity contribution in [1.29, 1.82) is 0 Å². The molecule has 0 aromatic carbocycles. The first-order valence-electron chi connectivity index (χ1n) is 2.72. The molecule has 0 spiro atoms. The molecule has 0 amide bonds. The molecule has 0 aliphatic carbocycles. The van der Waals surface area contributed by atoms with Crippen molar-refractivity contribution in [2.45, 2.75) is 18.4 Å². The molecule has 1 aromatic heterocycles. The Morgan fingerprint density at radius 1 is 1.89 bits per heavy atom. The number of H-pyrrole nitrogens is 1. The number of hydrogen-bond donors (Lipinski definition) is 2. The number of rotatable bonds is 2. The van der Waals surface area contributed by atoms with E-state index in [-0.39, 0.29) is 0 Å². The van der Waals surface area contributed by atoms with Gasteiger partial charge in [-0.15, -0.1) is 0 Å². The Bertz CT molecular complexity index is 168. The topological polar surface area (TPSA) is 48.9 Å². The van der Waals surface area contributed by atoms with Gasteiger partial charge in [-0.05, 0) is 0 Å². The molecule has 0 aliphatic heterocycles. The monoisotopic (exact) mass is 144 g/mol. The molecular weight excluding hydrogens is 136 g/mol. The summed E-state index contributed by atoms with van der Waals surface area (Å²) in [5.74, 6) is 0.909. The van der Waals surface area contributed by atoms with Crippen LogP contribution in [0.5, 0.6) is 0 Å². The lowest BCUT2D eigenvalue weighted by molar-refractivity contribution is 0.660. The van der Waals surface area contributed by atoms with Crippen LogP contribution in [0.25, 0.3) is 0 Å². The zero-order valence-electron chi connectivity index (χ0n) is 5.09. The van der Waals surface area contributed by atoms with Crippen molar-refractivity contribution in [2.75, 3.05) is 0 Å². The highest BCUT2D eigenvalue weighted by molar-refractivity contribution is 7.93. The highest BCUT2D eigenvalue weighted by Crippen LogP contribution is 2.09. The molecule has 0 unspecified atom stereocenters. The zero-order chi connectivity index (χ0) is 6.69. The summed E-state index contributed by atoms with van der Waals surface area (Å²) in [6.45, 7) is 2.00. The first-order valence-corrected chi connectivity index (χ1v) is 3.49. The molecule has 0 fully saturated rings. The molecule has 0 saturated carbocycles. The number of aromatic nitrogens is 2. The van der Waals surface area contributed by atoms with Crippen LogP contribution in [-0.4, -0.2) is 14.5 Å². The van der Waals surface area contributed by atoms with Gasteiger partial charge in [0.25, 0.3) is 0 Å². The van der Waals surface area contributed by atoms with Crippen LogP contribution >= 0.6 is 12.0 Å². The summed E-state index contributed by atoms with van der Waals surface area (Å²) in [5.41, 5.74) is 0. The number of imidazole rings is 1. The minimum Gasteiger partial charge on any atom is -0.335 e. The van der Waals surface area contributed by atoms with E-state index in [0.29, 0.717) is 17.1 Å². The van der Waals surface area contributed by atoms with Gasteiger partial charge in [-0.1, -0.05) is 6.92 Å². The number of aryl methyl sites for hydroxylation is 1. The van der Waals surface area contributed by atoms with Crippen LogP contribution in [0.2, 0.25) is 0 Å². The quantitative estimate of drug-likeness (QED) is 0.619. The van der Waals surface area contributed by atoms with Crippen molar-refractivity contribution in [3.63, 3.8) is 0 Å². The number of aromatic amines is 1. The van der Waals surface area contributed by atoms with Gasteiger partial charge in [0, 0.05) is 18.5 Å². The smallest absolute Gasteiger partial charge is 0.120 e. The lowest BCUT2D eigenvalue weighted by atomic mass is 10.5. The predicted molar refractivity (Wildman–Crippen MR) is 36.5 cm³/mol. The molecule has 0 radical (unpaired) electrons. The normalized spacial score (nSPS) is 10.0. The van der Waals surface area contributed by atoms with Gasteiger partial charge in [0.15, 0.2) is 0 Å². The Morgan fingerprint density at radius 2 is 2.67 bits per heavy atom. The fourth-order valence-corrected chi connectivity index (χ4v) is 0.833. The summed E-state index contributed by atoms with van der Waals surface area (Å²) < 4.78 is 8.49. The average Bonchev–Trinajstić information content (AvgIpc) is 2.34. The molecule has 1 heterocycles. The molecule has 0 atom stereocenters. The first-order chi connectivity index (χ1) is 4.36. The van der Waals surface area contributed by atoms with E-state index in [9.17, 15) is 0 Å². The summed E-state index contributed by atoms with van der Waals surface area (Å²) in [7, 11) is 0. The van der Waals surface area contributed by atoms with Gasteiger partial charge in [0.2, 0.25) is 0 Å². The third kappa shape index (κ3) is 1.46. The maximum absolute atomic E-state index is 8.49. The van der Waals surface area contributed by atoms with E-state index in [1.165, 1.54) is 0 Å². The highest BCUT2D eigenvalue weighted by atomic mass is 32.2. The maximum Gasteiger partial charge on any atom is 0.120 e. The van der Waals surface area contributed by atoms with Crippen molar-refractivity contribution < 1.29 is 4.55 Å². The van der Waals surface area contributed by atoms with Crippen LogP contribution < -0.4 is 0 Å². The van der Waals surface area contributed by atoms with E-state index < -0.39 is 0 Å². The Hall–Kier alpha value is -0.480. The maximum atomic E-state index is 8.49. The summed E-state index contributed by atoms with van der Waals surface area (Å²) in [6.07, 6.45) is 2.49. The second-order valence-electron chi connectivity index (χ2n) is 1.64. The summed E-state index contributed by atoms with van der Waals surface area (Å²) >= 11 is 0.687. The van der Waals surface area contributed by atoms with E-state index >= 15 is 0 Å². The SMILES string of the molecule is CCc1ncc(SO)[nH]1. The Kier molecular flexibility index (Phi) is 2.13. The minimum atomic E-state index is 0.687. The van der Waals surface area contributed by atoms with E-state index in [0.717, 1.165) is 12.2 Å². The Balaban J connectivity index is 2.74. The van der Waals surface area contributed by atoms with E-state index in [2.05, 4.69) is 9.97 Å². The fourth-order valence-electron chi connectivity index (χ4n) is 0.569. The summed E-state index contributed by atoms with van der Waals surface area (Å²) in [6, 6.07) is 0. The number of nitrogens with zero attached hydrogens (tertiary/aromatic N) is 1. The van der Waals surface area contributed by atoms with E-state index in [4.69, 9.17) is 4.55 Å². The van der Waals surface area contributed by atoms with E-state index in [1.54, 1.807) is 6.20 Å². The second-order valence-corrected chi connectivity index (χ2v) is 2.26. The number of nitrogens with one attached hydrogen (secondary N) is 1. The second kappa shape index (κ2) is 2.89. The van der Waals surface area contributed by atoms with Gasteiger partial charge >= 0.3 is 0 Å². The number of hydrogen-bond acceptors (Lipinski definition) is 3. The lowest BCUT2D eigenvalue weighted by Gasteiger charge is -1.84. The van der Waals surface area contributed by atoms with Gasteiger partial charge < -0.3 is 9.54 Å². The fraction of sp³-hybridized carbons (Fsp3) is 0.400. The molecule has 0 saturated heterocycles. The van der Waals surface area contributed by atoms with E-state index in [1.807, 2.05) is 6.92 Å². The average molecular weight is 144 g/mol. The largest absolute Gasteiger partial charge is 0.335 e. The predicted octanol–water partition coefficient (Wildman–Crippen LogP) is 1.54. The van der Waals surface area contributed by atoms with Crippen LogP contribution in [0.1, 0.15) is 12.7 Å². The Morgan fingerprint density at radius 3 is 3.00 bits per heavy atom. The third-order valence-electron chi connectivity index (χ3n) is 1.04. The van der Waals surface area contributed by atoms with Gasteiger partial charge in [0.05, 0.1) is 6.20 Å². The highest BCUT2D eigenvalue weighted by Gasteiger charge is 1.95. The van der Waals surface area contributed by atoms with Crippen molar-refractivity contribution in [2.24, 2.45) is 0 Å². The van der Waals surface area contributed by atoms with Crippen LogP contribution in [-0.2, 0) is 6.42 Å². The zero-order valence-corrected chi connectivity index (χ0v) is 5.90. The summed E-state index contributed by atoms with van der Waals surface area (Å²) in [5, 5.41) is 0.701. The molecule has 3 nitrogen and oxygen atoms in total. The van der Waals surface area contributed by atoms with Gasteiger partial charge in [-0.2, -0.15) is 0 Å². The standard InChI is InChI=1S/C5H8N2OS/c1-2-4-6-3-5(7-4)9-8/h3,8H,2H2,1H3,(H,6,7). The molecular formula is C5H8N2OS. The van der Waals surface area contributed by atoms with Crippen LogP contribution in [0, 0.1) is 0 Å². The minimum absolute atomic E-state index is 0.687. The van der Waals surface area contributed by atoms with Crippen molar-refractivity contribution in [3.05, 3.63) is 12.0 Å². The molecule has 2 N–H and O–H groups in total. The molecule has 0 bridgehead atoms. The Labute approximate surface area is 57.7 Å². The van der Waals surface area contributed by atoms with Gasteiger partial charge in [-0.25, -0.2) is 4.98 Å². The molecule has 9 heavy (non-hydrogen) atoms. The third-order valence-corrected chi connectivity index (χ3v) is 1.44. The molecule has 0 aliphatic rings. The molecule has 1 aromatic rings. The van der Waals surface area contributed by atoms with Gasteiger partial charge in [-0.3, -0.25) is 0 Å². The molecule has 50 valence electrons. The molecule has 1 rings (SSSR count). The van der Waals surface area contributed by atoms with Gasteiger partial charge in [0.1, 0.15) is 10.9 Å². The van der Waals surface area contributed by atoms with Crippen LogP contribution in [0.4, 0.5) is 0 Å². The lowest BCUT2D eigenvalue weighted by Crippen LogP contribution is -1.80. The van der Waals surface area contributed by atoms with Crippen molar-refractivity contribution in [1.82, 2.24) is 9.97 Å². The molecule has 4 heteroatoms. The van der Waals surface area contributed by atoms with Crippen molar-refractivity contribution in [3.8, 4) is 0 Å². The van der Waals surface area contributed by atoms with Crippen LogP contribution in [0.15, 0.2) is 11.2 Å². The summed E-state index contributed by atoms with van der Waals surface area (Å²) in [4.78, 5) is 6.88. The first kappa shape index (κ1) is 6.64. The van der Waals surface area contributed by atoms with Crippen LogP contribution in [0.3, 0.4) is 0 Å². The van der Waals surface area contributed by atoms with Crippen molar-refractivity contribution >= 4 is 12.0 Å².